The number of carbonyl (C=O) groups is 8. The van der Waals surface area contributed by atoms with Crippen LogP contribution < -0.4 is 39.3 Å². The fraction of sp³-hybridized carbons (Fsp3) is 0.704. The number of amides is 6. The molecule has 6 amide bonds. The van der Waals surface area contributed by atoms with Crippen LogP contribution in [0.15, 0.2) is 0 Å². The van der Waals surface area contributed by atoms with E-state index in [4.69, 9.17) is 33.8 Å². The summed E-state index contributed by atoms with van der Waals surface area (Å²) in [6.07, 6.45) is -0.319. The maximum Gasteiger partial charge on any atom is 0.321 e. The van der Waals surface area contributed by atoms with Crippen molar-refractivity contribution in [3.63, 3.8) is 0 Å². The van der Waals surface area contributed by atoms with Crippen LogP contribution in [0.2, 0.25) is 0 Å². The zero-order valence-electron chi connectivity index (χ0n) is 26.0. The van der Waals surface area contributed by atoms with Crippen LogP contribution in [0.25, 0.3) is 0 Å². The Balaban J connectivity index is 3.19. The predicted molar refractivity (Wildman–Crippen MR) is 171 cm³/mol. The molecule has 0 saturated carbocycles. The second-order valence-electron chi connectivity index (χ2n) is 11.5. The summed E-state index contributed by atoms with van der Waals surface area (Å²) < 4.78 is 0. The highest BCUT2D eigenvalue weighted by Crippen LogP contribution is 2.29. The smallest absolute Gasteiger partial charge is 0.321 e. The number of nitrogens with zero attached hydrogens (tertiary/aromatic N) is 1. The number of carboxylic acid groups (broad SMARTS) is 1. The number of carboxylic acids is 1. The molecule has 1 rings (SSSR count). The molecule has 0 aromatic rings. The third kappa shape index (κ3) is 14.3. The molecule has 13 N–H and O–H groups in total. The summed E-state index contributed by atoms with van der Waals surface area (Å²) in [7, 11) is 2.16. The number of likely N-dealkylation sites (tertiary alicyclic amines) is 1. The van der Waals surface area contributed by atoms with Gasteiger partial charge in [-0.25, -0.2) is 0 Å². The summed E-state index contributed by atoms with van der Waals surface area (Å²) in [6.45, 7) is 3.90. The van der Waals surface area contributed by atoms with Crippen molar-refractivity contribution in [3.8, 4) is 0 Å². The molecule has 0 radical (unpaired) electrons. The molecule has 0 aliphatic carbocycles. The first-order chi connectivity index (χ1) is 21.4. The minimum absolute atomic E-state index is 0.00247. The van der Waals surface area contributed by atoms with Crippen LogP contribution in [0.3, 0.4) is 0 Å². The number of hydrogen-bond donors (Lipinski definition) is 8. The van der Waals surface area contributed by atoms with Crippen molar-refractivity contribution in [2.24, 2.45) is 40.5 Å². The van der Waals surface area contributed by atoms with Gasteiger partial charge in [-0.15, -0.1) is 0 Å². The lowest BCUT2D eigenvalue weighted by molar-refractivity contribution is -0.143. The lowest BCUT2D eigenvalue weighted by atomic mass is 9.96. The Kier molecular flexibility index (Phi) is 17.6. The lowest BCUT2D eigenvalue weighted by Gasteiger charge is -2.30. The third-order valence-corrected chi connectivity index (χ3v) is 9.59. The van der Waals surface area contributed by atoms with Gasteiger partial charge in [0.1, 0.15) is 18.1 Å². The van der Waals surface area contributed by atoms with Gasteiger partial charge in [0.25, 0.3) is 0 Å². The first-order valence-corrected chi connectivity index (χ1v) is 17.2. The molecule has 1 heterocycles. The van der Waals surface area contributed by atoms with E-state index in [1.165, 1.54) is 4.90 Å². The second kappa shape index (κ2) is 20.0. The van der Waals surface area contributed by atoms with Crippen molar-refractivity contribution in [1.29, 1.82) is 0 Å². The topological polar surface area (TPSA) is 314 Å². The molecule has 19 heteroatoms. The van der Waals surface area contributed by atoms with Crippen LogP contribution >= 0.6 is 21.6 Å². The fourth-order valence-corrected chi connectivity index (χ4v) is 7.02. The minimum Gasteiger partial charge on any atom is -0.480 e. The monoisotopic (exact) mass is 690 g/mol. The summed E-state index contributed by atoms with van der Waals surface area (Å²) >= 11 is 0. The normalized spacial score (nSPS) is 17.8. The van der Waals surface area contributed by atoms with E-state index < -0.39 is 96.2 Å². The van der Waals surface area contributed by atoms with Crippen molar-refractivity contribution >= 4 is 68.8 Å². The summed E-state index contributed by atoms with van der Waals surface area (Å²) in [5.41, 5.74) is 27.2. The minimum atomic E-state index is -1.44. The number of carbonyl (C=O) groups excluding carboxylic acids is 7. The average Bonchev–Trinajstić information content (AvgIpc) is 3.45. The molecule has 46 heavy (non-hydrogen) atoms. The highest BCUT2D eigenvalue weighted by Gasteiger charge is 2.40. The number of aliphatic carboxylic acids is 1. The summed E-state index contributed by atoms with van der Waals surface area (Å²) in [5.74, 6) is -7.26. The van der Waals surface area contributed by atoms with Crippen LogP contribution in [-0.2, 0) is 38.4 Å². The van der Waals surface area contributed by atoms with Gasteiger partial charge in [-0.1, -0.05) is 35.4 Å². The molecule has 0 spiro atoms. The van der Waals surface area contributed by atoms with Gasteiger partial charge in [-0.2, -0.15) is 0 Å². The highest BCUT2D eigenvalue weighted by atomic mass is 33.1. The Bertz CT molecular complexity index is 1140. The summed E-state index contributed by atoms with van der Waals surface area (Å²) in [4.78, 5) is 100. The maximum atomic E-state index is 13.9. The standard InChI is InChI=1S/C27H46N8O9S2/c1-13(2)8-18(23(32)39)34-25(41)19-4-3-7-35(19)26(42)14(11-45-46-12-16(29)27(43)44)9-20(36)17(10-22(31)38)33-24(40)15(28)5-6-21(30)37/h13-19H,3-12,28-29H2,1-2H3,(H2,30,37)(H2,31,38)(H2,32,39)(H,33,40)(H,34,41)(H,43,44)/t14-,15-,16-,17-,18-,19-/m0/s1. The molecule has 17 nitrogen and oxygen atoms in total. The molecular formula is C27H46N8O9S2. The molecule has 0 aromatic carbocycles. The predicted octanol–water partition coefficient (Wildman–Crippen LogP) is -2.68. The van der Waals surface area contributed by atoms with Gasteiger partial charge >= 0.3 is 5.97 Å². The third-order valence-electron chi connectivity index (χ3n) is 7.07. The number of nitrogens with two attached hydrogens (primary N) is 5. The zero-order chi connectivity index (χ0) is 35.1. The van der Waals surface area contributed by atoms with E-state index in [-0.39, 0.29) is 36.8 Å². The second-order valence-corrected chi connectivity index (χ2v) is 14.1. The summed E-state index contributed by atoms with van der Waals surface area (Å²) in [6, 6.07) is -5.72. The van der Waals surface area contributed by atoms with Gasteiger partial charge in [-0.05, 0) is 31.6 Å². The van der Waals surface area contributed by atoms with Crippen LogP contribution in [0.4, 0.5) is 0 Å². The van der Waals surface area contributed by atoms with Gasteiger partial charge in [0.15, 0.2) is 5.78 Å². The molecule has 0 bridgehead atoms. The highest BCUT2D eigenvalue weighted by molar-refractivity contribution is 8.76. The number of ketones is 1. The largest absolute Gasteiger partial charge is 0.480 e. The van der Waals surface area contributed by atoms with Crippen LogP contribution in [0, 0.1) is 11.8 Å². The zero-order valence-corrected chi connectivity index (χ0v) is 27.6. The number of primary amides is 3. The van der Waals surface area contributed by atoms with Crippen molar-refractivity contribution in [2.45, 2.75) is 89.0 Å². The lowest BCUT2D eigenvalue weighted by Crippen LogP contribution is -2.54. The van der Waals surface area contributed by atoms with Gasteiger partial charge in [-0.3, -0.25) is 38.4 Å². The molecule has 260 valence electrons. The number of hydrogen-bond acceptors (Lipinski definition) is 12. The van der Waals surface area contributed by atoms with E-state index in [2.05, 4.69) is 10.6 Å². The Hall–Kier alpha value is -3.42. The fourth-order valence-electron chi connectivity index (χ4n) is 4.60. The van der Waals surface area contributed by atoms with Gasteiger partial charge in [0.2, 0.25) is 35.4 Å². The Morgan fingerprint density at radius 3 is 2.04 bits per heavy atom. The first-order valence-electron chi connectivity index (χ1n) is 14.7. The van der Waals surface area contributed by atoms with Crippen LogP contribution in [-0.4, -0.2) is 105 Å². The van der Waals surface area contributed by atoms with Crippen molar-refractivity contribution in [2.75, 3.05) is 18.1 Å². The van der Waals surface area contributed by atoms with Crippen LogP contribution in [0.1, 0.15) is 58.8 Å². The Morgan fingerprint density at radius 1 is 0.870 bits per heavy atom. The van der Waals surface area contributed by atoms with Crippen molar-refractivity contribution in [3.05, 3.63) is 0 Å². The SMILES string of the molecule is CC(C)C[C@H](NC(=O)[C@@H]1CCCN1C(=O)[C@H](CSSC[C@H](N)C(=O)O)CC(=O)[C@H](CC(N)=O)NC(=O)[C@@H](N)CCC(N)=O)C(N)=O. The number of rotatable bonds is 22. The number of nitrogens with one attached hydrogen (secondary N) is 2. The van der Waals surface area contributed by atoms with Gasteiger partial charge in [0, 0.05) is 30.9 Å². The van der Waals surface area contributed by atoms with E-state index in [0.717, 1.165) is 21.6 Å². The first kappa shape index (κ1) is 40.6. The molecule has 0 unspecified atom stereocenters. The van der Waals surface area contributed by atoms with Gasteiger partial charge < -0.3 is 49.3 Å². The molecule has 1 aliphatic rings. The number of Topliss-reactive ketones (excluding diaryl/α,β-unsaturated/α-hetero) is 1. The van der Waals surface area contributed by atoms with Crippen LogP contribution in [0.5, 0.6) is 0 Å². The maximum absolute atomic E-state index is 13.9. The van der Waals surface area contributed by atoms with E-state index in [9.17, 15) is 38.4 Å². The molecule has 1 aliphatic heterocycles. The van der Waals surface area contributed by atoms with E-state index in [0.29, 0.717) is 19.3 Å². The quantitative estimate of drug-likeness (QED) is 0.0424. The summed E-state index contributed by atoms with van der Waals surface area (Å²) in [5, 5.41) is 14.0. The molecule has 1 saturated heterocycles. The van der Waals surface area contributed by atoms with E-state index in [1.807, 2.05) is 13.8 Å². The van der Waals surface area contributed by atoms with E-state index in [1.54, 1.807) is 0 Å². The van der Waals surface area contributed by atoms with E-state index >= 15 is 0 Å². The molecule has 6 atom stereocenters. The van der Waals surface area contributed by atoms with Crippen molar-refractivity contribution < 1.29 is 43.5 Å². The molecule has 0 aromatic heterocycles. The average molecular weight is 691 g/mol. The Labute approximate surface area is 275 Å². The van der Waals surface area contributed by atoms with Gasteiger partial charge in [0.05, 0.1) is 24.4 Å². The Morgan fingerprint density at radius 2 is 1.50 bits per heavy atom. The molecular weight excluding hydrogens is 644 g/mol. The van der Waals surface area contributed by atoms with Crippen molar-refractivity contribution in [1.82, 2.24) is 15.5 Å². The molecule has 1 fully saturated rings.